The van der Waals surface area contributed by atoms with Crippen molar-refractivity contribution in [3.63, 3.8) is 0 Å². The van der Waals surface area contributed by atoms with Crippen molar-refractivity contribution in [3.05, 3.63) is 11.6 Å². The zero-order valence-corrected chi connectivity index (χ0v) is 10.6. The molecule has 0 radical (unpaired) electrons. The van der Waals surface area contributed by atoms with E-state index in [0.29, 0.717) is 5.25 Å². The quantitative estimate of drug-likeness (QED) is 0.761. The van der Waals surface area contributed by atoms with Gasteiger partial charge in [-0.05, 0) is 12.5 Å². The first kappa shape index (κ1) is 12.0. The molecule has 2 nitrogen and oxygen atoms in total. The molecular formula is C10H18N2S2. The zero-order valence-electron chi connectivity index (χ0n) is 8.99. The summed E-state index contributed by atoms with van der Waals surface area (Å²) in [4.78, 5) is 4.25. The van der Waals surface area contributed by atoms with Gasteiger partial charge in [-0.25, -0.2) is 4.98 Å². The van der Waals surface area contributed by atoms with Crippen molar-refractivity contribution < 1.29 is 0 Å². The molecule has 1 atom stereocenters. The minimum absolute atomic E-state index is 0.597. The molecule has 1 rings (SSSR count). The summed E-state index contributed by atoms with van der Waals surface area (Å²) in [6, 6.07) is 0. The Labute approximate surface area is 94.5 Å². The van der Waals surface area contributed by atoms with Crippen molar-refractivity contribution in [2.45, 2.75) is 30.4 Å². The van der Waals surface area contributed by atoms with Gasteiger partial charge in [0.25, 0.3) is 0 Å². The van der Waals surface area contributed by atoms with Gasteiger partial charge in [0.1, 0.15) is 4.34 Å². The summed E-state index contributed by atoms with van der Waals surface area (Å²) in [5, 5.41) is 6.07. The largest absolute Gasteiger partial charge is 0.315 e. The van der Waals surface area contributed by atoms with Crippen molar-refractivity contribution in [2.75, 3.05) is 13.1 Å². The maximum atomic E-state index is 4.25. The molecule has 0 spiro atoms. The van der Waals surface area contributed by atoms with Gasteiger partial charge >= 0.3 is 0 Å². The summed E-state index contributed by atoms with van der Waals surface area (Å²) in [5.41, 5.74) is 0. The normalized spacial score (nSPS) is 13.4. The van der Waals surface area contributed by atoms with E-state index >= 15 is 0 Å². The molecule has 1 aromatic heterocycles. The molecule has 1 aromatic rings. The minimum atomic E-state index is 0.597. The number of nitrogens with zero attached hydrogens (tertiary/aromatic N) is 1. The van der Waals surface area contributed by atoms with Gasteiger partial charge < -0.3 is 5.32 Å². The fraction of sp³-hybridized carbons (Fsp3) is 0.700. The molecule has 0 saturated carbocycles. The van der Waals surface area contributed by atoms with Gasteiger partial charge in [0.2, 0.25) is 0 Å². The van der Waals surface area contributed by atoms with Gasteiger partial charge in [-0.1, -0.05) is 32.5 Å². The highest BCUT2D eigenvalue weighted by Gasteiger charge is 2.05. The summed E-state index contributed by atoms with van der Waals surface area (Å²) in [6.07, 6.45) is 1.86. The molecule has 4 heteroatoms. The Bertz CT molecular complexity index is 234. The molecule has 0 saturated heterocycles. The fourth-order valence-corrected chi connectivity index (χ4v) is 2.97. The summed E-state index contributed by atoms with van der Waals surface area (Å²) >= 11 is 3.56. The lowest BCUT2D eigenvalue weighted by Crippen LogP contribution is -2.26. The van der Waals surface area contributed by atoms with E-state index in [1.54, 1.807) is 11.3 Å². The molecule has 14 heavy (non-hydrogen) atoms. The predicted octanol–water partition coefficient (Wildman–Crippen LogP) is 2.87. The van der Waals surface area contributed by atoms with Crippen molar-refractivity contribution >= 4 is 23.1 Å². The van der Waals surface area contributed by atoms with Crippen LogP contribution in [-0.4, -0.2) is 23.3 Å². The second-order valence-electron chi connectivity index (χ2n) is 3.78. The second kappa shape index (κ2) is 6.43. The summed E-state index contributed by atoms with van der Waals surface area (Å²) < 4.78 is 1.17. The van der Waals surface area contributed by atoms with E-state index in [9.17, 15) is 0 Å². The topological polar surface area (TPSA) is 24.9 Å². The number of thioether (sulfide) groups is 1. The highest BCUT2D eigenvalue weighted by molar-refractivity contribution is 8.01. The van der Waals surface area contributed by atoms with E-state index in [-0.39, 0.29) is 0 Å². The van der Waals surface area contributed by atoms with Crippen LogP contribution in [0.2, 0.25) is 0 Å². The molecule has 1 N–H and O–H groups in total. The summed E-state index contributed by atoms with van der Waals surface area (Å²) in [5.74, 6) is 0.729. The molecular weight excluding hydrogens is 212 g/mol. The summed E-state index contributed by atoms with van der Waals surface area (Å²) in [6.45, 7) is 8.85. The number of rotatable bonds is 6. The lowest BCUT2D eigenvalue weighted by Gasteiger charge is -2.11. The van der Waals surface area contributed by atoms with Gasteiger partial charge in [-0.3, -0.25) is 0 Å². The Hall–Kier alpha value is -0.0600. The molecule has 0 amide bonds. The Balaban J connectivity index is 2.13. The average Bonchev–Trinajstić information content (AvgIpc) is 2.56. The van der Waals surface area contributed by atoms with Crippen LogP contribution in [0.25, 0.3) is 0 Å². The number of nitrogens with one attached hydrogen (secondary N) is 1. The number of aromatic nitrogens is 1. The number of hydrogen-bond donors (Lipinski definition) is 1. The molecule has 1 heterocycles. The zero-order chi connectivity index (χ0) is 10.4. The predicted molar refractivity (Wildman–Crippen MR) is 65.1 cm³/mol. The molecule has 80 valence electrons. The van der Waals surface area contributed by atoms with E-state index in [1.165, 1.54) is 4.34 Å². The Morgan fingerprint density at radius 1 is 1.43 bits per heavy atom. The Morgan fingerprint density at radius 2 is 2.21 bits per heavy atom. The van der Waals surface area contributed by atoms with E-state index in [1.807, 2.05) is 23.3 Å². The van der Waals surface area contributed by atoms with Crippen molar-refractivity contribution in [2.24, 2.45) is 5.92 Å². The monoisotopic (exact) mass is 230 g/mol. The SMILES string of the molecule is CC(C)CNCC(C)Sc1nccs1. The molecule has 0 aliphatic heterocycles. The lowest BCUT2D eigenvalue weighted by molar-refractivity contribution is 0.554. The average molecular weight is 230 g/mol. The van der Waals surface area contributed by atoms with Crippen molar-refractivity contribution in [1.29, 1.82) is 0 Å². The molecule has 0 aliphatic carbocycles. The van der Waals surface area contributed by atoms with Crippen LogP contribution >= 0.6 is 23.1 Å². The third-order valence-corrected chi connectivity index (χ3v) is 3.71. The van der Waals surface area contributed by atoms with Crippen molar-refractivity contribution in [1.82, 2.24) is 10.3 Å². The maximum absolute atomic E-state index is 4.25. The van der Waals surface area contributed by atoms with Crippen LogP contribution in [0.3, 0.4) is 0 Å². The Morgan fingerprint density at radius 3 is 2.79 bits per heavy atom. The highest BCUT2D eigenvalue weighted by atomic mass is 32.2. The van der Waals surface area contributed by atoms with Crippen molar-refractivity contribution in [3.8, 4) is 0 Å². The molecule has 0 aromatic carbocycles. The van der Waals surface area contributed by atoms with Crippen LogP contribution in [-0.2, 0) is 0 Å². The summed E-state index contributed by atoms with van der Waals surface area (Å²) in [7, 11) is 0. The van der Waals surface area contributed by atoms with Gasteiger partial charge in [0, 0.05) is 23.4 Å². The Kier molecular flexibility index (Phi) is 5.52. The van der Waals surface area contributed by atoms with Gasteiger partial charge in [-0.2, -0.15) is 0 Å². The molecule has 0 aliphatic rings. The van der Waals surface area contributed by atoms with Crippen LogP contribution in [0, 0.1) is 5.92 Å². The van der Waals surface area contributed by atoms with E-state index in [0.717, 1.165) is 19.0 Å². The van der Waals surface area contributed by atoms with Crippen LogP contribution in [0.4, 0.5) is 0 Å². The number of hydrogen-bond acceptors (Lipinski definition) is 4. The first-order chi connectivity index (χ1) is 6.68. The molecule has 1 unspecified atom stereocenters. The van der Waals surface area contributed by atoms with E-state index < -0.39 is 0 Å². The third kappa shape index (κ3) is 4.98. The van der Waals surface area contributed by atoms with Crippen LogP contribution in [0.5, 0.6) is 0 Å². The minimum Gasteiger partial charge on any atom is -0.315 e. The van der Waals surface area contributed by atoms with Crippen LogP contribution in [0.1, 0.15) is 20.8 Å². The van der Waals surface area contributed by atoms with Crippen LogP contribution < -0.4 is 5.32 Å². The first-order valence-corrected chi connectivity index (χ1v) is 6.71. The van der Waals surface area contributed by atoms with Gasteiger partial charge in [0.05, 0.1) is 0 Å². The third-order valence-electron chi connectivity index (χ3n) is 1.70. The molecule has 0 fully saturated rings. The second-order valence-corrected chi connectivity index (χ2v) is 6.36. The first-order valence-electron chi connectivity index (χ1n) is 4.95. The standard InChI is InChI=1S/C10H18N2S2/c1-8(2)6-11-7-9(3)14-10-12-4-5-13-10/h4-5,8-9,11H,6-7H2,1-3H3. The maximum Gasteiger partial charge on any atom is 0.150 e. The lowest BCUT2D eigenvalue weighted by atomic mass is 10.2. The smallest absolute Gasteiger partial charge is 0.150 e. The van der Waals surface area contributed by atoms with Crippen LogP contribution in [0.15, 0.2) is 15.9 Å². The van der Waals surface area contributed by atoms with Gasteiger partial charge in [0.15, 0.2) is 0 Å². The number of thiazole rings is 1. The van der Waals surface area contributed by atoms with Gasteiger partial charge in [-0.15, -0.1) is 11.3 Å². The fourth-order valence-electron chi connectivity index (χ4n) is 1.06. The highest BCUT2D eigenvalue weighted by Crippen LogP contribution is 2.24. The molecule has 0 bridgehead atoms. The van der Waals surface area contributed by atoms with E-state index in [4.69, 9.17) is 0 Å². The van der Waals surface area contributed by atoms with E-state index in [2.05, 4.69) is 31.1 Å².